The Morgan fingerprint density at radius 1 is 1.11 bits per heavy atom. The Kier molecular flexibility index (Phi) is 3.08. The van der Waals surface area contributed by atoms with Gasteiger partial charge in [-0.3, -0.25) is 0 Å². The van der Waals surface area contributed by atoms with Crippen LogP contribution < -0.4 is 9.47 Å². The van der Waals surface area contributed by atoms with Crippen LogP contribution in [0.2, 0.25) is 0 Å². The highest BCUT2D eigenvalue weighted by Gasteiger charge is 2.14. The minimum atomic E-state index is -1.07. The van der Waals surface area contributed by atoms with E-state index >= 15 is 0 Å². The molecular weight excluding hydrogens is 268 g/mol. The number of carboxylic acid groups (broad SMARTS) is 1. The Hall–Kier alpha value is -2.08. The van der Waals surface area contributed by atoms with Crippen molar-refractivity contribution in [3.8, 4) is 11.5 Å². The zero-order chi connectivity index (χ0) is 13.2. The molecule has 0 saturated heterocycles. The average Bonchev–Trinajstić information content (AvgIpc) is 2.87. The maximum atomic E-state index is 10.7. The molecule has 1 aromatic carbocycles. The van der Waals surface area contributed by atoms with Crippen LogP contribution in [0.4, 0.5) is 0 Å². The molecule has 0 atom stereocenters. The maximum Gasteiger partial charge on any atom is 0.371 e. The summed E-state index contributed by atoms with van der Waals surface area (Å²) in [7, 11) is 0. The van der Waals surface area contributed by atoms with E-state index in [2.05, 4.69) is 0 Å². The van der Waals surface area contributed by atoms with Crippen LogP contribution in [0.1, 0.15) is 10.6 Å². The molecule has 1 N–H and O–H groups in total. The third kappa shape index (κ3) is 2.53. The highest BCUT2D eigenvalue weighted by atomic mass is 32.2. The Morgan fingerprint density at radius 2 is 1.89 bits per heavy atom. The average molecular weight is 278 g/mol. The number of carbonyl (C=O) groups is 1. The fraction of sp³-hybridized carbons (Fsp3) is 0.154. The van der Waals surface area contributed by atoms with Gasteiger partial charge in [0, 0.05) is 4.90 Å². The van der Waals surface area contributed by atoms with Crippen molar-refractivity contribution < 1.29 is 23.8 Å². The Bertz CT molecular complexity index is 619. The lowest BCUT2D eigenvalue weighted by Gasteiger charge is -2.18. The van der Waals surface area contributed by atoms with Crippen LogP contribution in [-0.2, 0) is 0 Å². The number of fused-ring (bicyclic) bond motifs is 1. The van der Waals surface area contributed by atoms with E-state index < -0.39 is 5.97 Å². The minimum Gasteiger partial charge on any atom is -0.486 e. The van der Waals surface area contributed by atoms with E-state index in [1.807, 2.05) is 18.2 Å². The minimum absolute atomic E-state index is 0.0694. The smallest absolute Gasteiger partial charge is 0.371 e. The standard InChI is InChI=1S/C13H10O5S/c14-13(15)10-3-4-12(18-10)19-8-1-2-9-11(7-8)17-6-5-16-9/h1-4,7H,5-6H2,(H,14,15). The monoisotopic (exact) mass is 278 g/mol. The van der Waals surface area contributed by atoms with E-state index in [1.165, 1.54) is 17.8 Å². The molecule has 0 unspecified atom stereocenters. The molecular formula is C13H10O5S. The second-order valence-electron chi connectivity index (χ2n) is 3.83. The lowest BCUT2D eigenvalue weighted by Crippen LogP contribution is -2.15. The second kappa shape index (κ2) is 4.89. The molecule has 19 heavy (non-hydrogen) atoms. The largest absolute Gasteiger partial charge is 0.486 e. The number of ether oxygens (including phenoxy) is 2. The van der Waals surface area contributed by atoms with E-state index in [0.29, 0.717) is 24.1 Å². The summed E-state index contributed by atoms with van der Waals surface area (Å²) in [5, 5.41) is 9.31. The van der Waals surface area contributed by atoms with Gasteiger partial charge in [-0.1, -0.05) is 11.8 Å². The van der Waals surface area contributed by atoms with E-state index in [0.717, 1.165) is 10.6 Å². The van der Waals surface area contributed by atoms with Crippen molar-refractivity contribution in [2.45, 2.75) is 9.99 Å². The third-order valence-corrected chi connectivity index (χ3v) is 3.43. The van der Waals surface area contributed by atoms with Crippen molar-refractivity contribution in [2.24, 2.45) is 0 Å². The number of rotatable bonds is 3. The summed E-state index contributed by atoms with van der Waals surface area (Å²) >= 11 is 1.33. The molecule has 2 aromatic rings. The molecule has 0 spiro atoms. The molecule has 0 amide bonds. The molecule has 0 bridgehead atoms. The van der Waals surface area contributed by atoms with Crippen LogP contribution in [0.3, 0.4) is 0 Å². The second-order valence-corrected chi connectivity index (χ2v) is 4.91. The first-order valence-corrected chi connectivity index (χ1v) is 6.45. The zero-order valence-corrected chi connectivity index (χ0v) is 10.6. The number of aromatic carboxylic acids is 1. The normalized spacial score (nSPS) is 13.3. The van der Waals surface area contributed by atoms with Crippen molar-refractivity contribution in [1.29, 1.82) is 0 Å². The first-order valence-electron chi connectivity index (χ1n) is 5.63. The summed E-state index contributed by atoms with van der Waals surface area (Å²) in [6, 6.07) is 8.62. The molecule has 3 rings (SSSR count). The summed E-state index contributed by atoms with van der Waals surface area (Å²) < 4.78 is 16.1. The van der Waals surface area contributed by atoms with Gasteiger partial charge in [0.05, 0.1) is 0 Å². The predicted octanol–water partition coefficient (Wildman–Crippen LogP) is 2.90. The van der Waals surface area contributed by atoms with Gasteiger partial charge in [0.1, 0.15) is 13.2 Å². The summed E-state index contributed by atoms with van der Waals surface area (Å²) in [4.78, 5) is 11.6. The lowest BCUT2D eigenvalue weighted by atomic mass is 10.3. The number of hydrogen-bond acceptors (Lipinski definition) is 5. The first kappa shape index (κ1) is 12.0. The van der Waals surface area contributed by atoms with Crippen molar-refractivity contribution in [3.63, 3.8) is 0 Å². The molecule has 0 fully saturated rings. The van der Waals surface area contributed by atoms with Gasteiger partial charge in [-0.25, -0.2) is 4.79 Å². The highest BCUT2D eigenvalue weighted by Crippen LogP contribution is 2.37. The number of hydrogen-bond donors (Lipinski definition) is 1. The molecule has 98 valence electrons. The molecule has 0 radical (unpaired) electrons. The number of carboxylic acids is 1. The van der Waals surface area contributed by atoms with E-state index in [9.17, 15) is 4.79 Å². The van der Waals surface area contributed by atoms with Crippen molar-refractivity contribution in [2.75, 3.05) is 13.2 Å². The highest BCUT2D eigenvalue weighted by molar-refractivity contribution is 7.99. The molecule has 0 saturated carbocycles. The summed E-state index contributed by atoms with van der Waals surface area (Å²) in [5.74, 6) is 0.275. The van der Waals surface area contributed by atoms with Crippen molar-refractivity contribution >= 4 is 17.7 Å². The van der Waals surface area contributed by atoms with Crippen LogP contribution in [0.5, 0.6) is 11.5 Å². The van der Waals surface area contributed by atoms with E-state index in [1.54, 1.807) is 6.07 Å². The van der Waals surface area contributed by atoms with Crippen LogP contribution >= 0.6 is 11.8 Å². The Morgan fingerprint density at radius 3 is 2.63 bits per heavy atom. The fourth-order valence-corrected chi connectivity index (χ4v) is 2.50. The molecule has 1 aliphatic rings. The first-order chi connectivity index (χ1) is 9.22. The van der Waals surface area contributed by atoms with Gasteiger partial charge in [-0.05, 0) is 30.3 Å². The van der Waals surface area contributed by atoms with E-state index in [4.69, 9.17) is 19.0 Å². The molecule has 0 aliphatic carbocycles. The van der Waals surface area contributed by atoms with Crippen molar-refractivity contribution in [3.05, 3.63) is 36.1 Å². The molecule has 2 heterocycles. The Balaban J connectivity index is 1.80. The SMILES string of the molecule is O=C(O)c1ccc(Sc2ccc3c(c2)OCCO3)o1. The van der Waals surface area contributed by atoms with Crippen LogP contribution in [0, 0.1) is 0 Å². The zero-order valence-electron chi connectivity index (χ0n) is 9.79. The van der Waals surface area contributed by atoms with Crippen LogP contribution in [0.25, 0.3) is 0 Å². The third-order valence-electron chi connectivity index (χ3n) is 2.52. The Labute approximate surface area is 113 Å². The van der Waals surface area contributed by atoms with Gasteiger partial charge in [-0.2, -0.15) is 0 Å². The van der Waals surface area contributed by atoms with Crippen LogP contribution in [0.15, 0.2) is 44.7 Å². The predicted molar refractivity (Wildman–Crippen MR) is 67.2 cm³/mol. The summed E-state index contributed by atoms with van der Waals surface area (Å²) in [6.07, 6.45) is 0. The molecule has 1 aliphatic heterocycles. The van der Waals surface area contributed by atoms with Gasteiger partial charge >= 0.3 is 5.97 Å². The summed E-state index contributed by atoms with van der Waals surface area (Å²) in [6.45, 7) is 1.09. The van der Waals surface area contributed by atoms with Gasteiger partial charge in [-0.15, -0.1) is 0 Å². The fourth-order valence-electron chi connectivity index (χ4n) is 1.69. The lowest BCUT2D eigenvalue weighted by molar-refractivity contribution is 0.0656. The quantitative estimate of drug-likeness (QED) is 0.931. The van der Waals surface area contributed by atoms with Crippen molar-refractivity contribution in [1.82, 2.24) is 0 Å². The van der Waals surface area contributed by atoms with Gasteiger partial charge in [0.15, 0.2) is 16.6 Å². The number of benzene rings is 1. The number of furan rings is 1. The van der Waals surface area contributed by atoms with Crippen LogP contribution in [-0.4, -0.2) is 24.3 Å². The van der Waals surface area contributed by atoms with Gasteiger partial charge < -0.3 is 19.0 Å². The van der Waals surface area contributed by atoms with Gasteiger partial charge in [0.25, 0.3) is 0 Å². The maximum absolute atomic E-state index is 10.7. The summed E-state index contributed by atoms with van der Waals surface area (Å²) in [5.41, 5.74) is 0. The molecule has 6 heteroatoms. The molecule has 5 nitrogen and oxygen atoms in total. The molecule has 1 aromatic heterocycles. The van der Waals surface area contributed by atoms with E-state index in [-0.39, 0.29) is 5.76 Å². The topological polar surface area (TPSA) is 68.9 Å². The van der Waals surface area contributed by atoms with Gasteiger partial charge in [0.2, 0.25) is 5.76 Å².